The van der Waals surface area contributed by atoms with Crippen LogP contribution in [0, 0.1) is 0 Å². The van der Waals surface area contributed by atoms with Gasteiger partial charge in [-0.2, -0.15) is 17.5 Å². The molecule has 13 heteroatoms. The lowest BCUT2D eigenvalue weighted by Gasteiger charge is -2.24. The monoisotopic (exact) mass is 492 g/mol. The van der Waals surface area contributed by atoms with E-state index in [-0.39, 0.29) is 35.9 Å². The van der Waals surface area contributed by atoms with Gasteiger partial charge in [0.25, 0.3) is 0 Å². The first kappa shape index (κ1) is 22.3. The molecule has 3 heterocycles. The molecule has 0 saturated carbocycles. The molecule has 0 radical (unpaired) electrons. The molecule has 178 valence electrons. The molecule has 0 amide bonds. The number of hydrogen-bond acceptors (Lipinski definition) is 6. The highest BCUT2D eigenvalue weighted by Gasteiger charge is 2.36. The van der Waals surface area contributed by atoms with E-state index in [4.69, 9.17) is 0 Å². The van der Waals surface area contributed by atoms with E-state index < -0.39 is 27.7 Å². The van der Waals surface area contributed by atoms with Crippen LogP contribution in [0.25, 0.3) is 21.9 Å². The molecule has 1 aliphatic rings. The minimum atomic E-state index is -4.71. The van der Waals surface area contributed by atoms with Crippen LogP contribution >= 0.6 is 0 Å². The Balaban J connectivity index is 1.46. The van der Waals surface area contributed by atoms with Crippen LogP contribution in [0.4, 0.5) is 19.0 Å². The van der Waals surface area contributed by atoms with Crippen molar-refractivity contribution in [2.75, 3.05) is 31.1 Å². The number of H-pyrrole nitrogens is 2. The number of aromatic nitrogens is 4. The quantitative estimate of drug-likeness (QED) is 0.455. The van der Waals surface area contributed by atoms with Gasteiger partial charge >= 0.3 is 11.9 Å². The number of sulfonamides is 1. The number of hydrogen-bond donors (Lipinski definition) is 2. The number of anilines is 1. The van der Waals surface area contributed by atoms with Gasteiger partial charge in [-0.25, -0.2) is 23.2 Å². The second-order valence-electron chi connectivity index (χ2n) is 7.92. The number of para-hydroxylation sites is 1. The zero-order chi connectivity index (χ0) is 24.1. The van der Waals surface area contributed by atoms with E-state index in [1.54, 1.807) is 23.1 Å². The van der Waals surface area contributed by atoms with E-state index in [1.165, 1.54) is 28.6 Å². The summed E-state index contributed by atoms with van der Waals surface area (Å²) >= 11 is 0. The van der Waals surface area contributed by atoms with Crippen molar-refractivity contribution in [3.63, 3.8) is 0 Å². The molecule has 1 fully saturated rings. The number of nitrogens with zero attached hydrogens (tertiary/aromatic N) is 4. The molecular weight excluding hydrogens is 473 g/mol. The van der Waals surface area contributed by atoms with Crippen molar-refractivity contribution in [3.05, 3.63) is 58.8 Å². The van der Waals surface area contributed by atoms with Gasteiger partial charge in [-0.05, 0) is 36.8 Å². The average Bonchev–Trinajstić information content (AvgIpc) is 3.00. The molecule has 4 aromatic rings. The summed E-state index contributed by atoms with van der Waals surface area (Å²) in [5, 5.41) is 0.466. The van der Waals surface area contributed by atoms with Crippen LogP contribution in [-0.2, 0) is 16.2 Å². The summed E-state index contributed by atoms with van der Waals surface area (Å²) in [6.07, 6.45) is -4.32. The molecule has 2 N–H and O–H groups in total. The Kier molecular flexibility index (Phi) is 5.32. The first-order valence-corrected chi connectivity index (χ1v) is 11.9. The molecule has 0 bridgehead atoms. The van der Waals surface area contributed by atoms with Crippen LogP contribution in [-0.4, -0.2) is 58.8 Å². The van der Waals surface area contributed by atoms with Gasteiger partial charge in [0.2, 0.25) is 15.8 Å². The van der Waals surface area contributed by atoms with Crippen molar-refractivity contribution < 1.29 is 21.6 Å². The predicted octanol–water partition coefficient (Wildman–Crippen LogP) is 2.72. The Bertz CT molecular complexity index is 1550. The largest absolute Gasteiger partial charge is 0.451 e. The number of nitrogens with one attached hydrogen (secondary N) is 2. The van der Waals surface area contributed by atoms with E-state index in [0.29, 0.717) is 29.4 Å². The van der Waals surface area contributed by atoms with Crippen LogP contribution in [0.15, 0.2) is 52.2 Å². The molecule has 2 aromatic heterocycles. The SMILES string of the molecule is O=c1[nH]c2ccc(S(=O)(=O)N3CCCN(c4nc(C(F)(F)F)nc5ccccc45)CC3)cc2[nH]1. The van der Waals surface area contributed by atoms with Gasteiger partial charge in [0.1, 0.15) is 5.82 Å². The summed E-state index contributed by atoms with van der Waals surface area (Å²) in [7, 11) is -3.89. The highest BCUT2D eigenvalue weighted by atomic mass is 32.2. The molecule has 0 atom stereocenters. The van der Waals surface area contributed by atoms with Crippen molar-refractivity contribution in [1.29, 1.82) is 0 Å². The summed E-state index contributed by atoms with van der Waals surface area (Å²) in [6, 6.07) is 10.7. The van der Waals surface area contributed by atoms with Crippen molar-refractivity contribution in [1.82, 2.24) is 24.2 Å². The maximum Gasteiger partial charge on any atom is 0.451 e. The van der Waals surface area contributed by atoms with Gasteiger partial charge in [-0.15, -0.1) is 0 Å². The van der Waals surface area contributed by atoms with Gasteiger partial charge < -0.3 is 14.9 Å². The van der Waals surface area contributed by atoms with Gasteiger partial charge in [0.05, 0.1) is 21.4 Å². The molecule has 0 spiro atoms. The summed E-state index contributed by atoms with van der Waals surface area (Å²) < 4.78 is 68.0. The highest BCUT2D eigenvalue weighted by molar-refractivity contribution is 7.89. The Morgan fingerprint density at radius 2 is 1.68 bits per heavy atom. The molecule has 5 rings (SSSR count). The molecule has 1 saturated heterocycles. The summed E-state index contributed by atoms with van der Waals surface area (Å²) in [5.41, 5.74) is 0.587. The van der Waals surface area contributed by atoms with Crippen LogP contribution in [0.3, 0.4) is 0 Å². The van der Waals surface area contributed by atoms with Crippen molar-refractivity contribution >= 4 is 37.8 Å². The van der Waals surface area contributed by atoms with Crippen LogP contribution < -0.4 is 10.6 Å². The summed E-state index contributed by atoms with van der Waals surface area (Å²) in [6.45, 7) is 0.731. The number of halogens is 3. The number of imidazole rings is 1. The van der Waals surface area contributed by atoms with Crippen LogP contribution in [0.5, 0.6) is 0 Å². The minimum absolute atomic E-state index is 0.0237. The fourth-order valence-corrected chi connectivity index (χ4v) is 5.59. The van der Waals surface area contributed by atoms with Gasteiger partial charge in [-0.3, -0.25) is 0 Å². The third-order valence-corrected chi connectivity index (χ3v) is 7.61. The number of rotatable bonds is 3. The van der Waals surface area contributed by atoms with E-state index >= 15 is 0 Å². The van der Waals surface area contributed by atoms with Crippen molar-refractivity contribution in [3.8, 4) is 0 Å². The topological polar surface area (TPSA) is 115 Å². The lowest BCUT2D eigenvalue weighted by molar-refractivity contribution is -0.144. The molecule has 2 aromatic carbocycles. The lowest BCUT2D eigenvalue weighted by Crippen LogP contribution is -2.35. The summed E-state index contributed by atoms with van der Waals surface area (Å²) in [4.78, 5) is 25.7. The molecule has 9 nitrogen and oxygen atoms in total. The first-order valence-electron chi connectivity index (χ1n) is 10.4. The maximum atomic E-state index is 13.4. The van der Waals surface area contributed by atoms with Crippen molar-refractivity contribution in [2.24, 2.45) is 0 Å². The standard InChI is InChI=1S/C21H19F3N6O3S/c22-21(23,24)19-25-15-5-2-1-4-14(15)18(28-19)29-8-3-9-30(11-10-29)34(32,33)13-6-7-16-17(12-13)27-20(31)26-16/h1-2,4-7,12H,3,8-11H2,(H2,26,27,31). The third kappa shape index (κ3) is 4.01. The third-order valence-electron chi connectivity index (χ3n) is 5.72. The average molecular weight is 492 g/mol. The van der Waals surface area contributed by atoms with Gasteiger partial charge in [-0.1, -0.05) is 12.1 Å². The van der Waals surface area contributed by atoms with Crippen LogP contribution in [0.2, 0.25) is 0 Å². The number of aromatic amines is 2. The van der Waals surface area contributed by atoms with Gasteiger partial charge in [0.15, 0.2) is 0 Å². The van der Waals surface area contributed by atoms with E-state index in [1.807, 2.05) is 0 Å². The molecular formula is C21H19F3N6O3S. The number of fused-ring (bicyclic) bond motifs is 2. The zero-order valence-electron chi connectivity index (χ0n) is 17.6. The fraction of sp³-hybridized carbons (Fsp3) is 0.286. The Labute approximate surface area is 191 Å². The number of alkyl halides is 3. The number of benzene rings is 2. The Hall–Kier alpha value is -3.45. The zero-order valence-corrected chi connectivity index (χ0v) is 18.4. The lowest BCUT2D eigenvalue weighted by atomic mass is 10.2. The Morgan fingerprint density at radius 3 is 2.47 bits per heavy atom. The van der Waals surface area contributed by atoms with E-state index in [9.17, 15) is 26.4 Å². The molecule has 0 unspecified atom stereocenters. The highest BCUT2D eigenvalue weighted by Crippen LogP contribution is 2.32. The van der Waals surface area contributed by atoms with Crippen LogP contribution in [0.1, 0.15) is 12.2 Å². The molecule has 0 aliphatic carbocycles. The van der Waals surface area contributed by atoms with E-state index in [2.05, 4.69) is 19.9 Å². The predicted molar refractivity (Wildman–Crippen MR) is 119 cm³/mol. The molecule has 34 heavy (non-hydrogen) atoms. The minimum Gasteiger partial charge on any atom is -0.355 e. The fourth-order valence-electron chi connectivity index (χ4n) is 4.09. The molecule has 1 aliphatic heterocycles. The summed E-state index contributed by atoms with van der Waals surface area (Å²) in [5.74, 6) is -1.10. The maximum absolute atomic E-state index is 13.4. The Morgan fingerprint density at radius 1 is 0.912 bits per heavy atom. The second kappa shape index (κ2) is 8.09. The van der Waals surface area contributed by atoms with E-state index in [0.717, 1.165) is 0 Å². The first-order chi connectivity index (χ1) is 16.1. The normalized spacial score (nSPS) is 16.3. The van der Waals surface area contributed by atoms with Gasteiger partial charge in [0, 0.05) is 31.6 Å². The van der Waals surface area contributed by atoms with Crippen molar-refractivity contribution in [2.45, 2.75) is 17.5 Å². The smallest absolute Gasteiger partial charge is 0.355 e. The second-order valence-corrected chi connectivity index (χ2v) is 9.85.